The van der Waals surface area contributed by atoms with Gasteiger partial charge in [-0.05, 0) is 47.5 Å². The molecule has 0 spiro atoms. The van der Waals surface area contributed by atoms with Crippen molar-refractivity contribution in [2.24, 2.45) is 0 Å². The summed E-state index contributed by atoms with van der Waals surface area (Å²) in [7, 11) is 1.59. The minimum absolute atomic E-state index is 0.380. The molecule has 3 aromatic carbocycles. The minimum Gasteiger partial charge on any atom is -0.493 e. The van der Waals surface area contributed by atoms with Crippen molar-refractivity contribution >= 4 is 52.1 Å². The molecule has 1 N–H and O–H groups in total. The molecule has 0 saturated heterocycles. The van der Waals surface area contributed by atoms with Gasteiger partial charge in [-0.1, -0.05) is 58.5 Å². The molecule has 0 aliphatic heterocycles. The Morgan fingerprint density at radius 3 is 2.21 bits per heavy atom. The summed E-state index contributed by atoms with van der Waals surface area (Å²) >= 11 is 24.3. The second kappa shape index (κ2) is 9.62. The van der Waals surface area contributed by atoms with E-state index in [4.69, 9.17) is 55.9 Å². The fourth-order valence-corrected chi connectivity index (χ4v) is 3.17. The zero-order chi connectivity index (χ0) is 20.1. The summed E-state index contributed by atoms with van der Waals surface area (Å²) < 4.78 is 11.3. The number of ether oxygens (including phenoxy) is 2. The van der Waals surface area contributed by atoms with Gasteiger partial charge in [0, 0.05) is 28.3 Å². The van der Waals surface area contributed by atoms with Crippen LogP contribution in [0.15, 0.2) is 54.6 Å². The number of anilines is 1. The lowest BCUT2D eigenvalue weighted by molar-refractivity contribution is 0.284. The van der Waals surface area contributed by atoms with E-state index >= 15 is 0 Å². The molecule has 0 fully saturated rings. The van der Waals surface area contributed by atoms with E-state index in [0.29, 0.717) is 44.7 Å². The van der Waals surface area contributed by atoms with Crippen molar-refractivity contribution in [3.63, 3.8) is 0 Å². The largest absolute Gasteiger partial charge is 0.493 e. The third-order valence-electron chi connectivity index (χ3n) is 4.04. The van der Waals surface area contributed by atoms with Gasteiger partial charge in [-0.2, -0.15) is 0 Å². The van der Waals surface area contributed by atoms with Crippen LogP contribution >= 0.6 is 46.4 Å². The molecule has 0 aliphatic carbocycles. The molecule has 0 amide bonds. The van der Waals surface area contributed by atoms with Crippen LogP contribution < -0.4 is 14.8 Å². The van der Waals surface area contributed by atoms with E-state index in [1.54, 1.807) is 25.3 Å². The molecule has 0 saturated carbocycles. The fraction of sp³-hybridized carbons (Fsp3) is 0.143. The number of halogens is 4. The predicted molar refractivity (Wildman–Crippen MR) is 118 cm³/mol. The van der Waals surface area contributed by atoms with Crippen molar-refractivity contribution in [2.45, 2.75) is 13.2 Å². The van der Waals surface area contributed by atoms with Crippen molar-refractivity contribution in [1.29, 1.82) is 0 Å². The van der Waals surface area contributed by atoms with Gasteiger partial charge in [-0.3, -0.25) is 0 Å². The molecular formula is C21H17Cl4NO2. The van der Waals surface area contributed by atoms with Crippen LogP contribution in [-0.2, 0) is 13.2 Å². The Hall–Kier alpha value is -1.78. The number of benzene rings is 3. The van der Waals surface area contributed by atoms with E-state index in [1.165, 1.54) is 0 Å². The molecule has 0 aromatic heterocycles. The number of rotatable bonds is 7. The first-order valence-electron chi connectivity index (χ1n) is 8.39. The quantitative estimate of drug-likeness (QED) is 0.399. The summed E-state index contributed by atoms with van der Waals surface area (Å²) in [5.74, 6) is 1.17. The van der Waals surface area contributed by atoms with Gasteiger partial charge in [0.15, 0.2) is 11.5 Å². The number of methoxy groups -OCH3 is 1. The smallest absolute Gasteiger partial charge is 0.163 e. The fourth-order valence-electron chi connectivity index (χ4n) is 2.53. The molecule has 7 heteroatoms. The summed E-state index contributed by atoms with van der Waals surface area (Å²) in [6, 6.07) is 16.4. The molecule has 0 aliphatic rings. The predicted octanol–water partition coefficient (Wildman–Crippen LogP) is 7.50. The molecule has 28 heavy (non-hydrogen) atoms. The maximum Gasteiger partial charge on any atom is 0.163 e. The second-order valence-corrected chi connectivity index (χ2v) is 7.65. The minimum atomic E-state index is 0.380. The molecule has 3 aromatic rings. The third-order valence-corrected chi connectivity index (χ3v) is 5.39. The Kier molecular flexibility index (Phi) is 7.19. The van der Waals surface area contributed by atoms with Gasteiger partial charge in [0.25, 0.3) is 0 Å². The van der Waals surface area contributed by atoms with E-state index in [1.807, 2.05) is 36.4 Å². The van der Waals surface area contributed by atoms with Crippen molar-refractivity contribution < 1.29 is 9.47 Å². The maximum atomic E-state index is 6.44. The van der Waals surface area contributed by atoms with Crippen LogP contribution in [0.5, 0.6) is 11.5 Å². The molecule has 0 radical (unpaired) electrons. The van der Waals surface area contributed by atoms with E-state index in [2.05, 4.69) is 5.32 Å². The Morgan fingerprint density at radius 1 is 0.786 bits per heavy atom. The normalized spacial score (nSPS) is 10.6. The Bertz CT molecular complexity index is 961. The lowest BCUT2D eigenvalue weighted by Gasteiger charge is -2.15. The van der Waals surface area contributed by atoms with Crippen molar-refractivity contribution in [3.05, 3.63) is 85.8 Å². The van der Waals surface area contributed by atoms with Gasteiger partial charge < -0.3 is 14.8 Å². The van der Waals surface area contributed by atoms with E-state index in [-0.39, 0.29) is 0 Å². The van der Waals surface area contributed by atoms with Gasteiger partial charge in [-0.25, -0.2) is 0 Å². The Morgan fingerprint density at radius 2 is 1.54 bits per heavy atom. The Labute approximate surface area is 184 Å². The zero-order valence-corrected chi connectivity index (χ0v) is 18.0. The van der Waals surface area contributed by atoms with E-state index < -0.39 is 0 Å². The molecule has 0 bridgehead atoms. The molecular weight excluding hydrogens is 440 g/mol. The first kappa shape index (κ1) is 20.9. The molecule has 0 atom stereocenters. The Balaban J connectivity index is 1.71. The first-order chi connectivity index (χ1) is 13.5. The summed E-state index contributed by atoms with van der Waals surface area (Å²) in [6.45, 7) is 0.870. The number of hydrogen-bond acceptors (Lipinski definition) is 3. The molecule has 0 heterocycles. The van der Waals surface area contributed by atoms with Gasteiger partial charge in [-0.15, -0.1) is 0 Å². The molecule has 3 rings (SSSR count). The second-order valence-electron chi connectivity index (χ2n) is 5.99. The van der Waals surface area contributed by atoms with Crippen LogP contribution in [0.1, 0.15) is 11.1 Å². The maximum absolute atomic E-state index is 6.44. The highest BCUT2D eigenvalue weighted by molar-refractivity contribution is 6.42. The van der Waals surface area contributed by atoms with Crippen LogP contribution in [-0.4, -0.2) is 7.11 Å². The van der Waals surface area contributed by atoms with Gasteiger partial charge in [0.05, 0.1) is 17.2 Å². The van der Waals surface area contributed by atoms with Crippen molar-refractivity contribution in [1.82, 2.24) is 0 Å². The van der Waals surface area contributed by atoms with Gasteiger partial charge in [0.1, 0.15) is 6.61 Å². The average Bonchev–Trinajstić information content (AvgIpc) is 2.69. The lowest BCUT2D eigenvalue weighted by atomic mass is 10.2. The monoisotopic (exact) mass is 455 g/mol. The standard InChI is InChI=1S/C21H17Cl4NO2/c1-27-20-8-14(11-26-16-6-7-17(23)19(25)9-16)18(24)10-21(20)28-12-13-2-4-15(22)5-3-13/h2-10,26H,11-12H2,1H3. The molecule has 3 nitrogen and oxygen atoms in total. The van der Waals surface area contributed by atoms with Crippen LogP contribution in [0.25, 0.3) is 0 Å². The average molecular weight is 457 g/mol. The van der Waals surface area contributed by atoms with Crippen LogP contribution in [0.2, 0.25) is 20.1 Å². The highest BCUT2D eigenvalue weighted by atomic mass is 35.5. The molecule has 146 valence electrons. The zero-order valence-electron chi connectivity index (χ0n) is 14.9. The first-order valence-corrected chi connectivity index (χ1v) is 9.90. The van der Waals surface area contributed by atoms with Crippen molar-refractivity contribution in [3.8, 4) is 11.5 Å². The number of nitrogens with one attached hydrogen (secondary N) is 1. The van der Waals surface area contributed by atoms with Crippen molar-refractivity contribution in [2.75, 3.05) is 12.4 Å². The molecule has 0 unspecified atom stereocenters. The summed E-state index contributed by atoms with van der Waals surface area (Å²) in [5.41, 5.74) is 2.70. The summed E-state index contributed by atoms with van der Waals surface area (Å²) in [5, 5.41) is 5.52. The van der Waals surface area contributed by atoms with E-state index in [0.717, 1.165) is 16.8 Å². The number of hydrogen-bond donors (Lipinski definition) is 1. The third kappa shape index (κ3) is 5.39. The SMILES string of the molecule is COc1cc(CNc2ccc(Cl)c(Cl)c2)c(Cl)cc1OCc1ccc(Cl)cc1. The summed E-state index contributed by atoms with van der Waals surface area (Å²) in [6.07, 6.45) is 0. The van der Waals surface area contributed by atoms with Gasteiger partial charge >= 0.3 is 0 Å². The van der Waals surface area contributed by atoms with Gasteiger partial charge in [0.2, 0.25) is 0 Å². The van der Waals surface area contributed by atoms with E-state index in [9.17, 15) is 0 Å². The highest BCUT2D eigenvalue weighted by Gasteiger charge is 2.11. The highest BCUT2D eigenvalue weighted by Crippen LogP contribution is 2.34. The van der Waals surface area contributed by atoms with Crippen LogP contribution in [0.4, 0.5) is 5.69 Å². The topological polar surface area (TPSA) is 30.5 Å². The lowest BCUT2D eigenvalue weighted by Crippen LogP contribution is -2.03. The van der Waals surface area contributed by atoms with Crippen LogP contribution in [0, 0.1) is 0 Å². The van der Waals surface area contributed by atoms with Crippen LogP contribution in [0.3, 0.4) is 0 Å². The summed E-state index contributed by atoms with van der Waals surface area (Å²) in [4.78, 5) is 0.